The molecule has 1 aromatic rings. The summed E-state index contributed by atoms with van der Waals surface area (Å²) < 4.78 is 0. The second-order valence-corrected chi connectivity index (χ2v) is 6.05. The molecular weight excluding hydrogens is 274 g/mol. The number of carbonyl (C=O) groups excluding carboxylic acids is 1. The number of carboxylic acids is 1. The van der Waals surface area contributed by atoms with Crippen molar-refractivity contribution in [3.63, 3.8) is 0 Å². The van der Waals surface area contributed by atoms with Gasteiger partial charge >= 0.3 is 5.97 Å². The first-order chi connectivity index (χ1) is 9.58. The second-order valence-electron chi connectivity index (χ2n) is 5.07. The number of carbonyl (C=O) groups is 2. The first kappa shape index (κ1) is 14.9. The Morgan fingerprint density at radius 3 is 2.95 bits per heavy atom. The van der Waals surface area contributed by atoms with Gasteiger partial charge in [-0.2, -0.15) is 0 Å². The Morgan fingerprint density at radius 1 is 1.45 bits per heavy atom. The lowest BCUT2D eigenvalue weighted by atomic mass is 10.2. The maximum Gasteiger partial charge on any atom is 0.326 e. The third-order valence-corrected chi connectivity index (χ3v) is 4.42. The van der Waals surface area contributed by atoms with E-state index in [-0.39, 0.29) is 5.91 Å². The molecule has 1 atom stereocenters. The number of carboxylic acid groups (broad SMARTS) is 1. The maximum atomic E-state index is 12.1. The molecule has 1 aliphatic rings. The summed E-state index contributed by atoms with van der Waals surface area (Å²) in [7, 11) is 0. The molecule has 2 rings (SSSR count). The van der Waals surface area contributed by atoms with Gasteiger partial charge in [0.05, 0.1) is 5.75 Å². The summed E-state index contributed by atoms with van der Waals surface area (Å²) in [6.07, 6.45) is 1.36. The number of aliphatic carboxylic acids is 1. The van der Waals surface area contributed by atoms with Crippen molar-refractivity contribution in [3.8, 4) is 0 Å². The summed E-state index contributed by atoms with van der Waals surface area (Å²) in [5.74, 6) is 0.170. The van der Waals surface area contributed by atoms with Gasteiger partial charge in [0.1, 0.15) is 6.04 Å². The fourth-order valence-corrected chi connectivity index (χ4v) is 3.32. The largest absolute Gasteiger partial charge is 0.480 e. The zero-order valence-electron chi connectivity index (χ0n) is 11.5. The van der Waals surface area contributed by atoms with Crippen molar-refractivity contribution >= 4 is 23.6 Å². The predicted octanol–water partition coefficient (Wildman–Crippen LogP) is 2.30. The quantitative estimate of drug-likeness (QED) is 0.905. The van der Waals surface area contributed by atoms with Gasteiger partial charge < -0.3 is 10.0 Å². The van der Waals surface area contributed by atoms with Crippen LogP contribution in [0.2, 0.25) is 0 Å². The standard InChI is InChI=1S/C15H19NO3S/c1-11-4-2-5-12(8-11)9-20-10-14(17)16-7-3-6-13(16)15(18)19/h2,4-5,8,13H,3,6-7,9-10H2,1H3,(H,18,19)/t13-/m1/s1. The first-order valence-corrected chi connectivity index (χ1v) is 7.89. The molecule has 0 bridgehead atoms. The molecule has 1 amide bonds. The van der Waals surface area contributed by atoms with Crippen LogP contribution in [0.1, 0.15) is 24.0 Å². The van der Waals surface area contributed by atoms with Crippen molar-refractivity contribution < 1.29 is 14.7 Å². The third-order valence-electron chi connectivity index (χ3n) is 3.43. The van der Waals surface area contributed by atoms with E-state index in [2.05, 4.69) is 6.07 Å². The van der Waals surface area contributed by atoms with Crippen LogP contribution < -0.4 is 0 Å². The van der Waals surface area contributed by atoms with Crippen LogP contribution >= 0.6 is 11.8 Å². The topological polar surface area (TPSA) is 57.6 Å². The fourth-order valence-electron chi connectivity index (χ4n) is 2.46. The summed E-state index contributed by atoms with van der Waals surface area (Å²) in [6, 6.07) is 7.57. The van der Waals surface area contributed by atoms with Crippen molar-refractivity contribution in [2.75, 3.05) is 12.3 Å². The zero-order valence-corrected chi connectivity index (χ0v) is 12.4. The van der Waals surface area contributed by atoms with Crippen molar-refractivity contribution in [1.29, 1.82) is 0 Å². The van der Waals surface area contributed by atoms with Gasteiger partial charge in [0.25, 0.3) is 0 Å². The van der Waals surface area contributed by atoms with Gasteiger partial charge in [-0.15, -0.1) is 11.8 Å². The molecule has 0 aromatic heterocycles. The molecule has 0 saturated carbocycles. The van der Waals surface area contributed by atoms with E-state index in [1.807, 2.05) is 25.1 Å². The number of likely N-dealkylation sites (tertiary alicyclic amines) is 1. The molecule has 1 aromatic carbocycles. The van der Waals surface area contributed by atoms with Gasteiger partial charge in [-0.05, 0) is 25.3 Å². The van der Waals surface area contributed by atoms with Crippen LogP contribution in [-0.2, 0) is 15.3 Å². The second kappa shape index (κ2) is 6.79. The Hall–Kier alpha value is -1.49. The van der Waals surface area contributed by atoms with Crippen LogP contribution in [0.15, 0.2) is 24.3 Å². The zero-order chi connectivity index (χ0) is 14.5. The smallest absolute Gasteiger partial charge is 0.326 e. The Morgan fingerprint density at radius 2 is 2.25 bits per heavy atom. The Kier molecular flexibility index (Phi) is 5.06. The van der Waals surface area contributed by atoms with Crippen molar-refractivity contribution in [2.45, 2.75) is 31.6 Å². The number of thioether (sulfide) groups is 1. The Bertz CT molecular complexity index is 504. The molecule has 1 heterocycles. The number of amides is 1. The highest BCUT2D eigenvalue weighted by Gasteiger charge is 2.33. The summed E-state index contributed by atoms with van der Waals surface area (Å²) in [5.41, 5.74) is 2.40. The Labute approximate surface area is 123 Å². The molecule has 0 aliphatic carbocycles. The van der Waals surface area contributed by atoms with Crippen molar-refractivity contribution in [2.24, 2.45) is 0 Å². The summed E-state index contributed by atoms with van der Waals surface area (Å²) in [5, 5.41) is 9.07. The number of rotatable bonds is 5. The molecule has 108 valence electrons. The van der Waals surface area contributed by atoms with Crippen molar-refractivity contribution in [1.82, 2.24) is 4.90 Å². The van der Waals surface area contributed by atoms with Gasteiger partial charge in [0.2, 0.25) is 5.91 Å². The monoisotopic (exact) mass is 293 g/mol. The highest BCUT2D eigenvalue weighted by atomic mass is 32.2. The highest BCUT2D eigenvalue weighted by molar-refractivity contribution is 7.99. The van der Waals surface area contributed by atoms with Gasteiger partial charge in [-0.1, -0.05) is 29.8 Å². The number of benzene rings is 1. The van der Waals surface area contributed by atoms with Crippen LogP contribution in [0.3, 0.4) is 0 Å². The molecular formula is C15H19NO3S. The highest BCUT2D eigenvalue weighted by Crippen LogP contribution is 2.20. The summed E-state index contributed by atoms with van der Waals surface area (Å²) in [6.45, 7) is 2.61. The fraction of sp³-hybridized carbons (Fsp3) is 0.467. The third kappa shape index (κ3) is 3.76. The average Bonchev–Trinajstić information content (AvgIpc) is 2.88. The van der Waals surface area contributed by atoms with Crippen LogP contribution in [0.5, 0.6) is 0 Å². The molecule has 0 unspecified atom stereocenters. The molecule has 20 heavy (non-hydrogen) atoms. The molecule has 4 nitrogen and oxygen atoms in total. The number of hydrogen-bond donors (Lipinski definition) is 1. The lowest BCUT2D eigenvalue weighted by Gasteiger charge is -2.21. The Balaban J connectivity index is 1.82. The minimum atomic E-state index is -0.889. The minimum absolute atomic E-state index is 0.0625. The molecule has 1 aliphatic heterocycles. The number of nitrogens with zero attached hydrogens (tertiary/aromatic N) is 1. The van der Waals surface area contributed by atoms with E-state index in [0.717, 1.165) is 12.2 Å². The van der Waals surface area contributed by atoms with Crippen LogP contribution in [0.25, 0.3) is 0 Å². The molecule has 0 radical (unpaired) electrons. The lowest BCUT2D eigenvalue weighted by molar-refractivity contribution is -0.147. The number of aryl methyl sites for hydroxylation is 1. The molecule has 1 N–H and O–H groups in total. The SMILES string of the molecule is Cc1cccc(CSCC(=O)N2CCC[C@@H]2C(=O)O)c1. The van der Waals surface area contributed by atoms with E-state index in [1.165, 1.54) is 27.8 Å². The van der Waals surface area contributed by atoms with E-state index < -0.39 is 12.0 Å². The van der Waals surface area contributed by atoms with E-state index in [4.69, 9.17) is 5.11 Å². The van der Waals surface area contributed by atoms with E-state index in [0.29, 0.717) is 18.7 Å². The van der Waals surface area contributed by atoms with Crippen molar-refractivity contribution in [3.05, 3.63) is 35.4 Å². The first-order valence-electron chi connectivity index (χ1n) is 6.73. The van der Waals surface area contributed by atoms with Crippen LogP contribution in [-0.4, -0.2) is 40.2 Å². The van der Waals surface area contributed by atoms with Crippen LogP contribution in [0, 0.1) is 6.92 Å². The average molecular weight is 293 g/mol. The minimum Gasteiger partial charge on any atom is -0.480 e. The van der Waals surface area contributed by atoms with E-state index >= 15 is 0 Å². The van der Waals surface area contributed by atoms with Crippen LogP contribution in [0.4, 0.5) is 0 Å². The normalized spacial score (nSPS) is 18.2. The number of hydrogen-bond acceptors (Lipinski definition) is 3. The van der Waals surface area contributed by atoms with E-state index in [9.17, 15) is 9.59 Å². The predicted molar refractivity (Wildman–Crippen MR) is 79.7 cm³/mol. The summed E-state index contributed by atoms with van der Waals surface area (Å²) in [4.78, 5) is 24.6. The van der Waals surface area contributed by atoms with Gasteiger partial charge in [-0.3, -0.25) is 4.79 Å². The molecule has 1 fully saturated rings. The van der Waals surface area contributed by atoms with E-state index in [1.54, 1.807) is 0 Å². The van der Waals surface area contributed by atoms with Gasteiger partial charge in [0.15, 0.2) is 0 Å². The maximum absolute atomic E-state index is 12.1. The summed E-state index contributed by atoms with van der Waals surface area (Å²) >= 11 is 1.54. The van der Waals surface area contributed by atoms with Gasteiger partial charge in [-0.25, -0.2) is 4.79 Å². The van der Waals surface area contributed by atoms with Gasteiger partial charge in [0, 0.05) is 12.3 Å². The molecule has 0 spiro atoms. The molecule has 5 heteroatoms. The molecule has 1 saturated heterocycles. The lowest BCUT2D eigenvalue weighted by Crippen LogP contribution is -2.41.